The van der Waals surface area contributed by atoms with Gasteiger partial charge in [-0.05, 0) is 35.2 Å². The Balaban J connectivity index is 1.94. The average Bonchev–Trinajstić information content (AvgIpc) is 2.58. The molecule has 126 valence electrons. The summed E-state index contributed by atoms with van der Waals surface area (Å²) >= 11 is 0. The van der Waals surface area contributed by atoms with E-state index in [9.17, 15) is 9.59 Å². The molecule has 0 aliphatic rings. The van der Waals surface area contributed by atoms with E-state index in [2.05, 4.69) is 31.3 Å². The number of nitrogens with one attached hydrogen (secondary N) is 1. The largest absolute Gasteiger partial charge is 0.482 e. The van der Waals surface area contributed by atoms with Crippen molar-refractivity contribution in [1.82, 2.24) is 5.32 Å². The molecule has 5 nitrogen and oxygen atoms in total. The molecular weight excluding hydrogens is 306 g/mol. The number of carbonyl (C=O) groups excluding carboxylic acids is 1. The third-order valence-corrected chi connectivity index (χ3v) is 3.56. The van der Waals surface area contributed by atoms with E-state index in [1.165, 1.54) is 11.6 Å². The number of hydrogen-bond donors (Lipinski definition) is 2. The number of rotatable bonds is 7. The summed E-state index contributed by atoms with van der Waals surface area (Å²) in [5.74, 6) is -0.466. The van der Waals surface area contributed by atoms with Crippen molar-refractivity contribution in [3.8, 4) is 5.75 Å². The van der Waals surface area contributed by atoms with E-state index in [1.807, 2.05) is 12.1 Å². The molecule has 0 atom stereocenters. The van der Waals surface area contributed by atoms with Crippen molar-refractivity contribution < 1.29 is 19.4 Å². The van der Waals surface area contributed by atoms with Crippen LogP contribution in [0.4, 0.5) is 0 Å². The zero-order valence-corrected chi connectivity index (χ0v) is 13.8. The monoisotopic (exact) mass is 327 g/mol. The van der Waals surface area contributed by atoms with E-state index in [4.69, 9.17) is 9.84 Å². The fraction of sp³-hybridized carbons (Fsp3) is 0.263. The minimum atomic E-state index is -1.06. The summed E-state index contributed by atoms with van der Waals surface area (Å²) < 4.78 is 5.08. The molecule has 0 saturated heterocycles. The quantitative estimate of drug-likeness (QED) is 0.819. The molecule has 0 saturated carbocycles. The first kappa shape index (κ1) is 17.5. The summed E-state index contributed by atoms with van der Waals surface area (Å²) in [6.07, 6.45) is 0. The first-order valence-corrected chi connectivity index (χ1v) is 7.77. The lowest BCUT2D eigenvalue weighted by molar-refractivity contribution is -0.139. The Labute approximate surface area is 141 Å². The topological polar surface area (TPSA) is 75.6 Å². The van der Waals surface area contributed by atoms with Gasteiger partial charge in [-0.25, -0.2) is 4.79 Å². The van der Waals surface area contributed by atoms with Gasteiger partial charge in [0.1, 0.15) is 5.75 Å². The SMILES string of the molecule is CC(C)c1ccc(CNC(=O)c2cccc(OCC(=O)O)c2)cc1. The number of amides is 1. The first-order valence-electron chi connectivity index (χ1n) is 7.77. The van der Waals surface area contributed by atoms with Crippen LogP contribution in [0.3, 0.4) is 0 Å². The number of carbonyl (C=O) groups is 2. The van der Waals surface area contributed by atoms with Crippen LogP contribution >= 0.6 is 0 Å². The standard InChI is InChI=1S/C19H21NO4/c1-13(2)15-8-6-14(7-9-15)11-20-19(23)16-4-3-5-17(10-16)24-12-18(21)22/h3-10,13H,11-12H2,1-2H3,(H,20,23)(H,21,22). The molecule has 0 spiro atoms. The van der Waals surface area contributed by atoms with E-state index in [0.29, 0.717) is 23.8 Å². The second kappa shape index (κ2) is 8.15. The summed E-state index contributed by atoms with van der Waals surface area (Å²) in [6.45, 7) is 4.26. The molecule has 2 N–H and O–H groups in total. The zero-order valence-electron chi connectivity index (χ0n) is 13.8. The van der Waals surface area contributed by atoms with Crippen molar-refractivity contribution in [3.05, 3.63) is 65.2 Å². The number of benzene rings is 2. The van der Waals surface area contributed by atoms with Crippen LogP contribution in [-0.2, 0) is 11.3 Å². The molecule has 2 rings (SSSR count). The van der Waals surface area contributed by atoms with E-state index in [1.54, 1.807) is 18.2 Å². The van der Waals surface area contributed by atoms with Crippen LogP contribution in [0.15, 0.2) is 48.5 Å². The number of aliphatic carboxylic acids is 1. The van der Waals surface area contributed by atoms with E-state index in [0.717, 1.165) is 5.56 Å². The molecule has 0 heterocycles. The van der Waals surface area contributed by atoms with Crippen LogP contribution in [0.5, 0.6) is 5.75 Å². The smallest absolute Gasteiger partial charge is 0.341 e. The molecule has 24 heavy (non-hydrogen) atoms. The fourth-order valence-corrected chi connectivity index (χ4v) is 2.18. The highest BCUT2D eigenvalue weighted by molar-refractivity contribution is 5.94. The van der Waals surface area contributed by atoms with Crippen LogP contribution in [0.2, 0.25) is 0 Å². The summed E-state index contributed by atoms with van der Waals surface area (Å²) in [6, 6.07) is 14.6. The molecular formula is C19H21NO4. The fourth-order valence-electron chi connectivity index (χ4n) is 2.18. The molecule has 2 aromatic rings. The van der Waals surface area contributed by atoms with E-state index in [-0.39, 0.29) is 5.91 Å². The molecule has 0 aliphatic carbocycles. The lowest BCUT2D eigenvalue weighted by atomic mass is 10.0. The third-order valence-electron chi connectivity index (χ3n) is 3.56. The number of hydrogen-bond acceptors (Lipinski definition) is 3. The minimum Gasteiger partial charge on any atom is -0.482 e. The molecule has 2 aromatic carbocycles. The van der Waals surface area contributed by atoms with Gasteiger partial charge >= 0.3 is 5.97 Å². The van der Waals surface area contributed by atoms with Crippen molar-refractivity contribution in [1.29, 1.82) is 0 Å². The second-order valence-electron chi connectivity index (χ2n) is 5.79. The van der Waals surface area contributed by atoms with Crippen molar-refractivity contribution in [2.24, 2.45) is 0 Å². The van der Waals surface area contributed by atoms with Gasteiger partial charge in [-0.1, -0.05) is 44.2 Å². The van der Waals surface area contributed by atoms with Gasteiger partial charge in [-0.2, -0.15) is 0 Å². The predicted molar refractivity (Wildman–Crippen MR) is 91.3 cm³/mol. The van der Waals surface area contributed by atoms with Crippen LogP contribution in [0.25, 0.3) is 0 Å². The van der Waals surface area contributed by atoms with Gasteiger partial charge < -0.3 is 15.2 Å². The Morgan fingerprint density at radius 1 is 1.12 bits per heavy atom. The average molecular weight is 327 g/mol. The van der Waals surface area contributed by atoms with Crippen LogP contribution in [0.1, 0.15) is 41.3 Å². The van der Waals surface area contributed by atoms with Gasteiger partial charge in [0.25, 0.3) is 5.91 Å². The van der Waals surface area contributed by atoms with Crippen molar-refractivity contribution >= 4 is 11.9 Å². The summed E-state index contributed by atoms with van der Waals surface area (Å²) in [5.41, 5.74) is 2.70. The van der Waals surface area contributed by atoms with Gasteiger partial charge in [-0.3, -0.25) is 4.79 Å². The lowest BCUT2D eigenvalue weighted by Gasteiger charge is -2.09. The molecule has 0 bridgehead atoms. The second-order valence-corrected chi connectivity index (χ2v) is 5.79. The Hall–Kier alpha value is -2.82. The zero-order chi connectivity index (χ0) is 17.5. The van der Waals surface area contributed by atoms with Crippen LogP contribution in [-0.4, -0.2) is 23.6 Å². The maximum atomic E-state index is 12.2. The van der Waals surface area contributed by atoms with Crippen LogP contribution < -0.4 is 10.1 Å². The summed E-state index contributed by atoms with van der Waals surface area (Å²) in [5, 5.41) is 11.5. The Morgan fingerprint density at radius 2 is 1.83 bits per heavy atom. The van der Waals surface area contributed by atoms with Crippen molar-refractivity contribution in [2.75, 3.05) is 6.61 Å². The summed E-state index contributed by atoms with van der Waals surface area (Å²) in [7, 11) is 0. The van der Waals surface area contributed by atoms with Crippen LogP contribution in [0, 0.1) is 0 Å². The number of carboxylic acids is 1. The van der Waals surface area contributed by atoms with Gasteiger partial charge in [0, 0.05) is 12.1 Å². The highest BCUT2D eigenvalue weighted by Gasteiger charge is 2.08. The number of ether oxygens (including phenoxy) is 1. The lowest BCUT2D eigenvalue weighted by Crippen LogP contribution is -2.22. The third kappa shape index (κ3) is 5.12. The molecule has 0 fully saturated rings. The molecule has 1 amide bonds. The van der Waals surface area contributed by atoms with Gasteiger partial charge in [0.2, 0.25) is 0 Å². The highest BCUT2D eigenvalue weighted by atomic mass is 16.5. The first-order chi connectivity index (χ1) is 11.5. The molecule has 0 radical (unpaired) electrons. The Morgan fingerprint density at radius 3 is 2.46 bits per heavy atom. The Kier molecular flexibility index (Phi) is 5.95. The van der Waals surface area contributed by atoms with Gasteiger partial charge in [-0.15, -0.1) is 0 Å². The number of carboxylic acid groups (broad SMARTS) is 1. The molecule has 0 unspecified atom stereocenters. The maximum Gasteiger partial charge on any atom is 0.341 e. The van der Waals surface area contributed by atoms with Crippen molar-refractivity contribution in [2.45, 2.75) is 26.3 Å². The molecule has 5 heteroatoms. The van der Waals surface area contributed by atoms with E-state index < -0.39 is 12.6 Å². The van der Waals surface area contributed by atoms with Gasteiger partial charge in [0.15, 0.2) is 6.61 Å². The minimum absolute atomic E-state index is 0.233. The maximum absolute atomic E-state index is 12.2. The highest BCUT2D eigenvalue weighted by Crippen LogP contribution is 2.15. The summed E-state index contributed by atoms with van der Waals surface area (Å²) in [4.78, 5) is 22.7. The predicted octanol–water partition coefficient (Wildman–Crippen LogP) is 3.20. The molecule has 0 aromatic heterocycles. The van der Waals surface area contributed by atoms with Gasteiger partial charge in [0.05, 0.1) is 0 Å². The van der Waals surface area contributed by atoms with Crippen molar-refractivity contribution in [3.63, 3.8) is 0 Å². The van der Waals surface area contributed by atoms with E-state index >= 15 is 0 Å². The Bertz CT molecular complexity index is 708. The molecule has 0 aliphatic heterocycles. The normalized spacial score (nSPS) is 10.5.